The molecule has 0 radical (unpaired) electrons. The SMILES string of the molecule is Cc1ccc(S(=O)(=O)n2ccc3cc(N4CCCCC4)cnc32)c(I)c1. The van der Waals surface area contributed by atoms with Crippen molar-refractivity contribution in [3.63, 3.8) is 0 Å². The van der Waals surface area contributed by atoms with E-state index in [0.29, 0.717) is 10.5 Å². The summed E-state index contributed by atoms with van der Waals surface area (Å²) < 4.78 is 28.3. The Morgan fingerprint density at radius 3 is 2.58 bits per heavy atom. The van der Waals surface area contributed by atoms with Crippen LogP contribution >= 0.6 is 22.6 Å². The van der Waals surface area contributed by atoms with Crippen molar-refractivity contribution in [3.05, 3.63) is 51.9 Å². The van der Waals surface area contributed by atoms with E-state index in [1.807, 2.05) is 31.2 Å². The number of halogens is 1. The van der Waals surface area contributed by atoms with Crippen LogP contribution in [-0.4, -0.2) is 30.5 Å². The van der Waals surface area contributed by atoms with E-state index in [0.717, 1.165) is 33.3 Å². The van der Waals surface area contributed by atoms with Crippen LogP contribution in [0.4, 0.5) is 5.69 Å². The molecule has 26 heavy (non-hydrogen) atoms. The van der Waals surface area contributed by atoms with Crippen LogP contribution < -0.4 is 4.90 Å². The van der Waals surface area contributed by atoms with Crippen LogP contribution in [0.15, 0.2) is 47.6 Å². The normalized spacial score (nSPS) is 15.5. The number of anilines is 1. The highest BCUT2D eigenvalue weighted by Crippen LogP contribution is 2.28. The Balaban J connectivity index is 1.77. The highest BCUT2D eigenvalue weighted by molar-refractivity contribution is 14.1. The standard InChI is InChI=1S/C19H20IN3O2S/c1-14-5-6-18(17(20)11-14)26(24,25)23-10-7-15-12-16(13-21-19(15)23)22-8-3-2-4-9-22/h5-7,10-13H,2-4,8-9H2,1H3. The lowest BCUT2D eigenvalue weighted by Gasteiger charge is -2.28. The van der Waals surface area contributed by atoms with Crippen molar-refractivity contribution in [2.75, 3.05) is 18.0 Å². The van der Waals surface area contributed by atoms with Crippen molar-refractivity contribution in [2.24, 2.45) is 0 Å². The molecule has 3 aromatic rings. The summed E-state index contributed by atoms with van der Waals surface area (Å²) in [5, 5.41) is 0.846. The molecular formula is C19H20IN3O2S. The Morgan fingerprint density at radius 2 is 1.85 bits per heavy atom. The molecule has 0 atom stereocenters. The predicted molar refractivity (Wildman–Crippen MR) is 112 cm³/mol. The van der Waals surface area contributed by atoms with Crippen LogP contribution in [-0.2, 0) is 10.0 Å². The second-order valence-corrected chi connectivity index (χ2v) is 9.65. The van der Waals surface area contributed by atoms with E-state index >= 15 is 0 Å². The van der Waals surface area contributed by atoms with Crippen molar-refractivity contribution in [2.45, 2.75) is 31.1 Å². The lowest BCUT2D eigenvalue weighted by Crippen LogP contribution is -2.29. The number of pyridine rings is 1. The van der Waals surface area contributed by atoms with Crippen molar-refractivity contribution < 1.29 is 8.42 Å². The van der Waals surface area contributed by atoms with Gasteiger partial charge in [-0.2, -0.15) is 0 Å². The molecule has 5 nitrogen and oxygen atoms in total. The van der Waals surface area contributed by atoms with Crippen LogP contribution in [0.5, 0.6) is 0 Å². The molecule has 1 aliphatic heterocycles. The summed E-state index contributed by atoms with van der Waals surface area (Å²) in [6.45, 7) is 4.02. The molecule has 0 aliphatic carbocycles. The molecule has 1 fully saturated rings. The summed E-state index contributed by atoms with van der Waals surface area (Å²) in [5.74, 6) is 0. The largest absolute Gasteiger partial charge is 0.370 e. The lowest BCUT2D eigenvalue weighted by molar-refractivity contribution is 0.577. The van der Waals surface area contributed by atoms with Crippen LogP contribution in [0.25, 0.3) is 11.0 Å². The van der Waals surface area contributed by atoms with E-state index in [2.05, 4.69) is 32.5 Å². The van der Waals surface area contributed by atoms with Gasteiger partial charge in [0.25, 0.3) is 10.0 Å². The quantitative estimate of drug-likeness (QED) is 0.527. The molecule has 3 heterocycles. The minimum Gasteiger partial charge on any atom is -0.370 e. The van der Waals surface area contributed by atoms with E-state index in [-0.39, 0.29) is 0 Å². The third-order valence-electron chi connectivity index (χ3n) is 4.82. The fourth-order valence-corrected chi connectivity index (χ4v) is 6.29. The molecule has 4 rings (SSSR count). The predicted octanol–water partition coefficient (Wildman–Crippen LogP) is 4.18. The maximum Gasteiger partial charge on any atom is 0.270 e. The molecule has 0 amide bonds. The van der Waals surface area contributed by atoms with Crippen molar-refractivity contribution in [1.29, 1.82) is 0 Å². The Labute approximate surface area is 167 Å². The van der Waals surface area contributed by atoms with Crippen LogP contribution in [0.1, 0.15) is 24.8 Å². The fourth-order valence-electron chi connectivity index (χ4n) is 3.43. The number of piperidine rings is 1. The van der Waals surface area contributed by atoms with Crippen molar-refractivity contribution in [1.82, 2.24) is 8.96 Å². The van der Waals surface area contributed by atoms with Gasteiger partial charge in [-0.05, 0) is 78.6 Å². The number of hydrogen-bond acceptors (Lipinski definition) is 4. The van der Waals surface area contributed by atoms with Gasteiger partial charge in [0, 0.05) is 28.2 Å². The van der Waals surface area contributed by atoms with Gasteiger partial charge < -0.3 is 4.90 Å². The number of rotatable bonds is 3. The van der Waals surface area contributed by atoms with Gasteiger partial charge in [-0.25, -0.2) is 17.4 Å². The Kier molecular flexibility index (Phi) is 4.68. The van der Waals surface area contributed by atoms with Gasteiger partial charge >= 0.3 is 0 Å². The number of hydrogen-bond donors (Lipinski definition) is 0. The van der Waals surface area contributed by atoms with Crippen molar-refractivity contribution >= 4 is 49.3 Å². The summed E-state index contributed by atoms with van der Waals surface area (Å²) in [4.78, 5) is 7.13. The monoisotopic (exact) mass is 481 g/mol. The second-order valence-electron chi connectivity index (χ2n) is 6.70. The third kappa shape index (κ3) is 3.11. The topological polar surface area (TPSA) is 55.2 Å². The van der Waals surface area contributed by atoms with Crippen LogP contribution in [0, 0.1) is 10.5 Å². The van der Waals surface area contributed by atoms with Crippen LogP contribution in [0.3, 0.4) is 0 Å². The van der Waals surface area contributed by atoms with E-state index in [9.17, 15) is 8.42 Å². The Morgan fingerprint density at radius 1 is 1.08 bits per heavy atom. The van der Waals surface area contributed by atoms with Gasteiger partial charge in [0.1, 0.15) is 4.90 Å². The van der Waals surface area contributed by atoms with E-state index in [1.54, 1.807) is 18.5 Å². The van der Waals surface area contributed by atoms with E-state index < -0.39 is 10.0 Å². The van der Waals surface area contributed by atoms with Crippen LogP contribution in [0.2, 0.25) is 0 Å². The zero-order valence-electron chi connectivity index (χ0n) is 14.5. The molecule has 1 aromatic carbocycles. The summed E-state index contributed by atoms with van der Waals surface area (Å²) in [6, 6.07) is 9.23. The Bertz CT molecular complexity index is 1070. The number of aryl methyl sites for hydroxylation is 1. The van der Waals surface area contributed by atoms with E-state index in [4.69, 9.17) is 0 Å². The van der Waals surface area contributed by atoms with Gasteiger partial charge in [0.15, 0.2) is 5.65 Å². The molecule has 136 valence electrons. The zero-order valence-corrected chi connectivity index (χ0v) is 17.5. The first kappa shape index (κ1) is 17.8. The zero-order chi connectivity index (χ0) is 18.3. The lowest BCUT2D eigenvalue weighted by atomic mass is 10.1. The van der Waals surface area contributed by atoms with Gasteiger partial charge in [-0.3, -0.25) is 0 Å². The van der Waals surface area contributed by atoms with Gasteiger partial charge in [0.05, 0.1) is 11.9 Å². The maximum absolute atomic E-state index is 13.1. The number of aromatic nitrogens is 2. The average Bonchev–Trinajstić information content (AvgIpc) is 3.06. The molecule has 0 bridgehead atoms. The first-order chi connectivity index (χ1) is 12.5. The number of benzene rings is 1. The van der Waals surface area contributed by atoms with Crippen molar-refractivity contribution in [3.8, 4) is 0 Å². The molecular weight excluding hydrogens is 461 g/mol. The van der Waals surface area contributed by atoms with Gasteiger partial charge in [-0.15, -0.1) is 0 Å². The average molecular weight is 481 g/mol. The highest BCUT2D eigenvalue weighted by Gasteiger charge is 2.23. The van der Waals surface area contributed by atoms with Gasteiger partial charge in [-0.1, -0.05) is 6.07 Å². The molecule has 0 spiro atoms. The number of nitrogens with zero attached hydrogens (tertiary/aromatic N) is 3. The molecule has 2 aromatic heterocycles. The molecule has 1 aliphatic rings. The highest BCUT2D eigenvalue weighted by atomic mass is 127. The molecule has 1 saturated heterocycles. The number of fused-ring (bicyclic) bond motifs is 1. The summed E-state index contributed by atoms with van der Waals surface area (Å²) >= 11 is 2.07. The molecule has 7 heteroatoms. The first-order valence-electron chi connectivity index (χ1n) is 8.70. The maximum atomic E-state index is 13.1. The third-order valence-corrected chi connectivity index (χ3v) is 7.81. The van der Waals surface area contributed by atoms with E-state index in [1.165, 1.54) is 23.2 Å². The summed E-state index contributed by atoms with van der Waals surface area (Å²) in [7, 11) is -3.67. The molecule has 0 saturated carbocycles. The first-order valence-corrected chi connectivity index (χ1v) is 11.2. The fraction of sp³-hybridized carbons (Fsp3) is 0.316. The van der Waals surface area contributed by atoms with Gasteiger partial charge in [0.2, 0.25) is 0 Å². The second kappa shape index (κ2) is 6.84. The molecule has 0 N–H and O–H groups in total. The Hall–Kier alpha value is -1.61. The minimum atomic E-state index is -3.67. The minimum absolute atomic E-state index is 0.308. The smallest absolute Gasteiger partial charge is 0.270 e. The summed E-state index contributed by atoms with van der Waals surface area (Å²) in [6.07, 6.45) is 7.05. The summed E-state index contributed by atoms with van der Waals surface area (Å²) in [5.41, 5.74) is 2.58. The molecule has 0 unspecified atom stereocenters.